The van der Waals surface area contributed by atoms with Crippen LogP contribution in [0, 0.1) is 11.3 Å². The van der Waals surface area contributed by atoms with E-state index in [0.717, 1.165) is 17.0 Å². The van der Waals surface area contributed by atoms with E-state index in [9.17, 15) is 0 Å². The molecule has 0 spiro atoms. The van der Waals surface area contributed by atoms with Crippen LogP contribution in [0.25, 0.3) is 22.6 Å². The molecular formula is C16H12N4. The molecule has 2 heterocycles. The van der Waals surface area contributed by atoms with E-state index in [0.29, 0.717) is 11.3 Å². The summed E-state index contributed by atoms with van der Waals surface area (Å²) in [4.78, 5) is 8.76. The van der Waals surface area contributed by atoms with Crippen LogP contribution in [0.3, 0.4) is 0 Å². The molecule has 0 aliphatic heterocycles. The third-order valence-corrected chi connectivity index (χ3v) is 3.12. The fourth-order valence-electron chi connectivity index (χ4n) is 2.18. The number of benzene rings is 1. The van der Waals surface area contributed by atoms with Crippen molar-refractivity contribution in [2.75, 3.05) is 0 Å². The lowest BCUT2D eigenvalue weighted by Crippen LogP contribution is -1.93. The van der Waals surface area contributed by atoms with Gasteiger partial charge in [0.1, 0.15) is 5.69 Å². The van der Waals surface area contributed by atoms with Gasteiger partial charge < -0.3 is 4.57 Å². The lowest BCUT2D eigenvalue weighted by atomic mass is 10.1. The molecule has 0 saturated carbocycles. The first-order valence-electron chi connectivity index (χ1n) is 6.23. The van der Waals surface area contributed by atoms with Crippen molar-refractivity contribution in [3.8, 4) is 28.7 Å². The average molecular weight is 260 g/mol. The summed E-state index contributed by atoms with van der Waals surface area (Å²) in [5.74, 6) is 0. The first-order chi connectivity index (χ1) is 9.79. The van der Waals surface area contributed by atoms with Crippen molar-refractivity contribution in [2.45, 2.75) is 0 Å². The maximum atomic E-state index is 9.00. The Labute approximate surface area is 117 Å². The molecule has 4 nitrogen and oxygen atoms in total. The second-order valence-electron chi connectivity index (χ2n) is 4.46. The summed E-state index contributed by atoms with van der Waals surface area (Å²) in [6.07, 6.45) is 3.40. The van der Waals surface area contributed by atoms with Crippen molar-refractivity contribution in [1.29, 1.82) is 5.26 Å². The minimum atomic E-state index is 0.583. The van der Waals surface area contributed by atoms with Crippen LogP contribution in [0.2, 0.25) is 0 Å². The molecule has 3 rings (SSSR count). The predicted molar refractivity (Wildman–Crippen MR) is 76.6 cm³/mol. The minimum absolute atomic E-state index is 0.583. The highest BCUT2D eigenvalue weighted by atomic mass is 15.0. The van der Waals surface area contributed by atoms with E-state index in [1.165, 1.54) is 0 Å². The highest BCUT2D eigenvalue weighted by Gasteiger charge is 2.14. The molecule has 3 aromatic rings. The first kappa shape index (κ1) is 12.1. The molecule has 0 N–H and O–H groups in total. The zero-order chi connectivity index (χ0) is 13.9. The molecule has 1 aromatic carbocycles. The molecule has 96 valence electrons. The van der Waals surface area contributed by atoms with Gasteiger partial charge in [-0.3, -0.25) is 4.98 Å². The predicted octanol–water partition coefficient (Wildman–Crippen LogP) is 3.02. The van der Waals surface area contributed by atoms with E-state index in [4.69, 9.17) is 5.26 Å². The fourth-order valence-corrected chi connectivity index (χ4v) is 2.18. The Bertz CT molecular complexity index is 782. The molecule has 4 heteroatoms. The summed E-state index contributed by atoms with van der Waals surface area (Å²) >= 11 is 0. The molecule has 0 fully saturated rings. The van der Waals surface area contributed by atoms with Crippen molar-refractivity contribution < 1.29 is 0 Å². The zero-order valence-corrected chi connectivity index (χ0v) is 11.0. The van der Waals surface area contributed by atoms with E-state index < -0.39 is 0 Å². The number of aryl methyl sites for hydroxylation is 1. The number of hydrogen-bond donors (Lipinski definition) is 0. The summed E-state index contributed by atoms with van der Waals surface area (Å²) in [5.41, 5.74) is 4.15. The van der Waals surface area contributed by atoms with Crippen LogP contribution in [0.1, 0.15) is 5.56 Å². The zero-order valence-electron chi connectivity index (χ0n) is 11.0. The van der Waals surface area contributed by atoms with Gasteiger partial charge in [-0.1, -0.05) is 30.3 Å². The minimum Gasteiger partial charge on any atom is -0.333 e. The van der Waals surface area contributed by atoms with E-state index in [-0.39, 0.29) is 0 Å². The normalized spacial score (nSPS) is 10.2. The number of nitrogens with zero attached hydrogens (tertiary/aromatic N) is 4. The second-order valence-corrected chi connectivity index (χ2v) is 4.46. The summed E-state index contributed by atoms with van der Waals surface area (Å²) in [6.45, 7) is 0. The number of imidazole rings is 1. The highest BCUT2D eigenvalue weighted by molar-refractivity contribution is 5.77. The smallest absolute Gasteiger partial charge is 0.115 e. The van der Waals surface area contributed by atoms with Crippen LogP contribution in [0.4, 0.5) is 0 Å². The van der Waals surface area contributed by atoms with Gasteiger partial charge in [0, 0.05) is 18.8 Å². The lowest BCUT2D eigenvalue weighted by Gasteiger charge is -2.06. The molecule has 2 aromatic heterocycles. The molecule has 0 saturated heterocycles. The molecule has 0 bridgehead atoms. The van der Waals surface area contributed by atoms with Gasteiger partial charge in [0.25, 0.3) is 0 Å². The topological polar surface area (TPSA) is 54.5 Å². The number of hydrogen-bond acceptors (Lipinski definition) is 3. The molecular weight excluding hydrogens is 248 g/mol. The number of aromatic nitrogens is 3. The van der Waals surface area contributed by atoms with Gasteiger partial charge in [-0.15, -0.1) is 0 Å². The van der Waals surface area contributed by atoms with Gasteiger partial charge in [-0.2, -0.15) is 5.26 Å². The molecule has 0 unspecified atom stereocenters. The summed E-state index contributed by atoms with van der Waals surface area (Å²) in [5, 5.41) is 9.00. The second kappa shape index (κ2) is 4.98. The largest absolute Gasteiger partial charge is 0.333 e. The van der Waals surface area contributed by atoms with Gasteiger partial charge in [0.2, 0.25) is 0 Å². The van der Waals surface area contributed by atoms with Crippen LogP contribution < -0.4 is 0 Å². The Balaban J connectivity index is 2.19. The van der Waals surface area contributed by atoms with Crippen LogP contribution in [0.15, 0.2) is 55.0 Å². The Morgan fingerprint density at radius 2 is 1.90 bits per heavy atom. The SMILES string of the molecule is Cn1cnc(-c2cc(C#N)ccn2)c1-c1ccccc1. The molecule has 20 heavy (non-hydrogen) atoms. The molecule has 0 atom stereocenters. The molecule has 0 aliphatic rings. The third-order valence-electron chi connectivity index (χ3n) is 3.12. The number of rotatable bonds is 2. The van der Waals surface area contributed by atoms with Crippen LogP contribution in [-0.2, 0) is 7.05 Å². The maximum absolute atomic E-state index is 9.00. The van der Waals surface area contributed by atoms with E-state index >= 15 is 0 Å². The maximum Gasteiger partial charge on any atom is 0.115 e. The van der Waals surface area contributed by atoms with E-state index in [1.807, 2.05) is 41.9 Å². The Morgan fingerprint density at radius 1 is 1.10 bits per heavy atom. The van der Waals surface area contributed by atoms with Crippen molar-refractivity contribution in [3.63, 3.8) is 0 Å². The monoisotopic (exact) mass is 260 g/mol. The van der Waals surface area contributed by atoms with Gasteiger partial charge in [-0.25, -0.2) is 4.98 Å². The van der Waals surface area contributed by atoms with Crippen molar-refractivity contribution in [3.05, 3.63) is 60.6 Å². The molecule has 0 aliphatic carbocycles. The van der Waals surface area contributed by atoms with Gasteiger partial charge >= 0.3 is 0 Å². The molecule has 0 radical (unpaired) electrons. The van der Waals surface area contributed by atoms with Gasteiger partial charge in [0.15, 0.2) is 0 Å². The van der Waals surface area contributed by atoms with Gasteiger partial charge in [0.05, 0.1) is 29.3 Å². The fraction of sp³-hybridized carbons (Fsp3) is 0.0625. The first-order valence-corrected chi connectivity index (χ1v) is 6.23. The third kappa shape index (κ3) is 2.06. The standard InChI is InChI=1S/C16H12N4/c1-20-11-19-15(14-9-12(10-17)7-8-18-14)16(20)13-5-3-2-4-6-13/h2-9,11H,1H3. The highest BCUT2D eigenvalue weighted by Crippen LogP contribution is 2.29. The summed E-state index contributed by atoms with van der Waals surface area (Å²) in [6, 6.07) is 15.6. The number of pyridine rings is 1. The van der Waals surface area contributed by atoms with Gasteiger partial charge in [-0.05, 0) is 12.1 Å². The van der Waals surface area contributed by atoms with Crippen LogP contribution in [-0.4, -0.2) is 14.5 Å². The van der Waals surface area contributed by atoms with Crippen LogP contribution in [0.5, 0.6) is 0 Å². The molecule has 0 amide bonds. The number of nitriles is 1. The Hall–Kier alpha value is -2.93. The summed E-state index contributed by atoms with van der Waals surface area (Å²) < 4.78 is 1.96. The lowest BCUT2D eigenvalue weighted by molar-refractivity contribution is 0.921. The Kier molecular flexibility index (Phi) is 3.02. The van der Waals surface area contributed by atoms with E-state index in [1.54, 1.807) is 24.7 Å². The van der Waals surface area contributed by atoms with Crippen molar-refractivity contribution in [1.82, 2.24) is 14.5 Å². The van der Waals surface area contributed by atoms with Crippen molar-refractivity contribution >= 4 is 0 Å². The Morgan fingerprint density at radius 3 is 2.65 bits per heavy atom. The quantitative estimate of drug-likeness (QED) is 0.711. The van der Waals surface area contributed by atoms with Crippen molar-refractivity contribution in [2.24, 2.45) is 7.05 Å². The average Bonchev–Trinajstić information content (AvgIpc) is 2.90. The summed E-state index contributed by atoms with van der Waals surface area (Å²) in [7, 11) is 1.95. The van der Waals surface area contributed by atoms with E-state index in [2.05, 4.69) is 16.0 Å². The van der Waals surface area contributed by atoms with Crippen LogP contribution >= 0.6 is 0 Å².